The van der Waals surface area contributed by atoms with E-state index in [1.165, 1.54) is 13.0 Å². The minimum Gasteiger partial charge on any atom is -0.485 e. The standard InChI is InChI=1S/C17H14F5NO5S/c1-2-29(26,27)14-7-10(15(24)25)3-5-12(14)13-6-4-11(8-23-13)28-9-16(18,19)17(20,21)22/h3-8H,2,9H2,1H3,(H,24,25). The van der Waals surface area contributed by atoms with Crippen LogP contribution in [0.25, 0.3) is 11.3 Å². The zero-order chi connectivity index (χ0) is 22.0. The van der Waals surface area contributed by atoms with Gasteiger partial charge in [0.2, 0.25) is 0 Å². The molecule has 1 N–H and O–H groups in total. The summed E-state index contributed by atoms with van der Waals surface area (Å²) >= 11 is 0. The number of carbonyl (C=O) groups is 1. The molecule has 2 aromatic rings. The molecule has 1 heterocycles. The lowest BCUT2D eigenvalue weighted by atomic mass is 10.1. The molecule has 0 atom stereocenters. The van der Waals surface area contributed by atoms with Crippen LogP contribution in [0.3, 0.4) is 0 Å². The van der Waals surface area contributed by atoms with Gasteiger partial charge in [-0.05, 0) is 24.3 Å². The molecule has 0 aliphatic carbocycles. The van der Waals surface area contributed by atoms with Crippen molar-refractivity contribution in [2.75, 3.05) is 12.4 Å². The maximum absolute atomic E-state index is 12.9. The maximum atomic E-state index is 12.9. The van der Waals surface area contributed by atoms with Gasteiger partial charge in [0.05, 0.1) is 28.1 Å². The van der Waals surface area contributed by atoms with E-state index in [2.05, 4.69) is 9.72 Å². The largest absolute Gasteiger partial charge is 0.485 e. The fourth-order valence-electron chi connectivity index (χ4n) is 2.16. The second kappa shape index (κ2) is 7.93. The van der Waals surface area contributed by atoms with Gasteiger partial charge in [0.15, 0.2) is 16.4 Å². The Morgan fingerprint density at radius 1 is 1.14 bits per heavy atom. The topological polar surface area (TPSA) is 93.6 Å². The van der Waals surface area contributed by atoms with Gasteiger partial charge < -0.3 is 9.84 Å². The molecule has 0 amide bonds. The van der Waals surface area contributed by atoms with Crippen LogP contribution in [0.2, 0.25) is 0 Å². The van der Waals surface area contributed by atoms with E-state index in [0.29, 0.717) is 0 Å². The molecule has 0 spiro atoms. The number of alkyl halides is 5. The second-order valence-electron chi connectivity index (χ2n) is 5.79. The highest BCUT2D eigenvalue weighted by molar-refractivity contribution is 7.91. The number of rotatable bonds is 7. The van der Waals surface area contributed by atoms with Gasteiger partial charge in [-0.2, -0.15) is 22.0 Å². The molecule has 0 saturated heterocycles. The Morgan fingerprint density at radius 3 is 2.28 bits per heavy atom. The quantitative estimate of drug-likeness (QED) is 0.660. The van der Waals surface area contributed by atoms with Crippen molar-refractivity contribution in [1.29, 1.82) is 0 Å². The average Bonchev–Trinajstić information content (AvgIpc) is 2.65. The van der Waals surface area contributed by atoms with Crippen LogP contribution >= 0.6 is 0 Å². The van der Waals surface area contributed by atoms with E-state index in [9.17, 15) is 35.2 Å². The number of benzene rings is 1. The molecule has 2 rings (SSSR count). The first kappa shape index (κ1) is 22.5. The van der Waals surface area contributed by atoms with Gasteiger partial charge >= 0.3 is 18.1 Å². The molecule has 0 saturated carbocycles. The Kier molecular flexibility index (Phi) is 6.16. The number of carboxylic acids is 1. The van der Waals surface area contributed by atoms with Crippen molar-refractivity contribution in [3.8, 4) is 17.0 Å². The Bertz CT molecular complexity index is 1000. The lowest BCUT2D eigenvalue weighted by molar-refractivity contribution is -0.290. The molecule has 0 unspecified atom stereocenters. The van der Waals surface area contributed by atoms with Crippen LogP contribution in [-0.2, 0) is 9.84 Å². The number of ether oxygens (including phenoxy) is 1. The summed E-state index contributed by atoms with van der Waals surface area (Å²) in [4.78, 5) is 14.6. The number of carboxylic acid groups (broad SMARTS) is 1. The van der Waals surface area contributed by atoms with Crippen molar-refractivity contribution < 1.29 is 45.0 Å². The smallest absolute Gasteiger partial charge is 0.456 e. The van der Waals surface area contributed by atoms with Crippen molar-refractivity contribution >= 4 is 15.8 Å². The SMILES string of the molecule is CCS(=O)(=O)c1cc(C(=O)O)ccc1-c1ccc(OCC(F)(F)C(F)(F)F)cn1. The van der Waals surface area contributed by atoms with Crippen LogP contribution in [0.4, 0.5) is 22.0 Å². The third kappa shape index (κ3) is 5.00. The molecule has 29 heavy (non-hydrogen) atoms. The minimum absolute atomic E-state index is 0.0314. The minimum atomic E-state index is -5.77. The van der Waals surface area contributed by atoms with Gasteiger partial charge in [-0.1, -0.05) is 13.0 Å². The molecule has 0 aliphatic heterocycles. The van der Waals surface area contributed by atoms with Gasteiger partial charge in [-0.15, -0.1) is 0 Å². The van der Waals surface area contributed by atoms with E-state index in [-0.39, 0.29) is 33.2 Å². The van der Waals surface area contributed by atoms with Gasteiger partial charge in [-0.3, -0.25) is 4.98 Å². The summed E-state index contributed by atoms with van der Waals surface area (Å²) in [5, 5.41) is 9.06. The molecular formula is C17H14F5NO5S. The summed E-state index contributed by atoms with van der Waals surface area (Å²) in [6, 6.07) is 5.54. The molecule has 0 fully saturated rings. The molecule has 158 valence electrons. The highest BCUT2D eigenvalue weighted by Crippen LogP contribution is 2.36. The normalized spacial score (nSPS) is 12.6. The lowest BCUT2D eigenvalue weighted by Gasteiger charge is -2.19. The van der Waals surface area contributed by atoms with Crippen molar-refractivity contribution in [1.82, 2.24) is 4.98 Å². The Labute approximate surface area is 161 Å². The van der Waals surface area contributed by atoms with Crippen molar-refractivity contribution in [3.63, 3.8) is 0 Å². The number of aromatic carboxylic acids is 1. The Balaban J connectivity index is 2.36. The molecule has 0 bridgehead atoms. The average molecular weight is 439 g/mol. The summed E-state index contributed by atoms with van der Waals surface area (Å²) in [7, 11) is -3.85. The van der Waals surface area contributed by atoms with E-state index < -0.39 is 34.5 Å². The first-order valence-corrected chi connectivity index (χ1v) is 9.57. The molecule has 6 nitrogen and oxygen atoms in total. The van der Waals surface area contributed by atoms with E-state index in [0.717, 1.165) is 30.5 Å². The van der Waals surface area contributed by atoms with E-state index in [1.54, 1.807) is 0 Å². The molecule has 1 aromatic carbocycles. The fourth-order valence-corrected chi connectivity index (χ4v) is 3.29. The number of hydrogen-bond acceptors (Lipinski definition) is 5. The number of halogens is 5. The number of nitrogens with zero attached hydrogens (tertiary/aromatic N) is 1. The van der Waals surface area contributed by atoms with Crippen LogP contribution in [0.1, 0.15) is 17.3 Å². The van der Waals surface area contributed by atoms with Crippen molar-refractivity contribution in [2.45, 2.75) is 23.9 Å². The summed E-state index contributed by atoms with van der Waals surface area (Å²) in [6.07, 6.45) is -4.91. The zero-order valence-corrected chi connectivity index (χ0v) is 15.5. The summed E-state index contributed by atoms with van der Waals surface area (Å²) in [5.74, 6) is -7.11. The Morgan fingerprint density at radius 2 is 1.79 bits per heavy atom. The van der Waals surface area contributed by atoms with Crippen LogP contribution in [-0.4, -0.2) is 48.9 Å². The van der Waals surface area contributed by atoms with Crippen LogP contribution < -0.4 is 4.74 Å². The summed E-state index contributed by atoms with van der Waals surface area (Å²) in [6.45, 7) is -0.585. The third-order valence-electron chi connectivity index (χ3n) is 3.79. The van der Waals surface area contributed by atoms with Crippen LogP contribution in [0, 0.1) is 0 Å². The summed E-state index contributed by atoms with van der Waals surface area (Å²) < 4.78 is 91.3. The molecule has 1 aromatic heterocycles. The predicted molar refractivity (Wildman–Crippen MR) is 90.9 cm³/mol. The van der Waals surface area contributed by atoms with E-state index >= 15 is 0 Å². The first-order chi connectivity index (χ1) is 13.3. The molecule has 0 radical (unpaired) electrons. The van der Waals surface area contributed by atoms with Gasteiger partial charge in [0, 0.05) is 5.56 Å². The second-order valence-corrected chi connectivity index (χ2v) is 8.04. The van der Waals surface area contributed by atoms with Crippen LogP contribution in [0.15, 0.2) is 41.4 Å². The van der Waals surface area contributed by atoms with Crippen molar-refractivity contribution in [3.05, 3.63) is 42.1 Å². The fraction of sp³-hybridized carbons (Fsp3) is 0.294. The lowest BCUT2D eigenvalue weighted by Crippen LogP contribution is -2.41. The molecule has 12 heteroatoms. The van der Waals surface area contributed by atoms with Gasteiger partial charge in [-0.25, -0.2) is 13.2 Å². The predicted octanol–water partition coefficient (Wildman–Crippen LogP) is 3.82. The van der Waals surface area contributed by atoms with Crippen molar-refractivity contribution in [2.24, 2.45) is 0 Å². The maximum Gasteiger partial charge on any atom is 0.456 e. The number of pyridine rings is 1. The molecule has 0 aliphatic rings. The summed E-state index contributed by atoms with van der Waals surface area (Å²) in [5.41, 5.74) is -0.192. The number of aromatic nitrogens is 1. The highest BCUT2D eigenvalue weighted by atomic mass is 32.2. The van der Waals surface area contributed by atoms with E-state index in [4.69, 9.17) is 5.11 Å². The Hall–Kier alpha value is -2.76. The van der Waals surface area contributed by atoms with Gasteiger partial charge in [0.25, 0.3) is 0 Å². The third-order valence-corrected chi connectivity index (χ3v) is 5.56. The zero-order valence-electron chi connectivity index (χ0n) is 14.7. The highest BCUT2D eigenvalue weighted by Gasteiger charge is 2.58. The first-order valence-electron chi connectivity index (χ1n) is 7.92. The number of sulfone groups is 1. The van der Waals surface area contributed by atoms with Crippen LogP contribution in [0.5, 0.6) is 5.75 Å². The monoisotopic (exact) mass is 439 g/mol. The van der Waals surface area contributed by atoms with Gasteiger partial charge in [0.1, 0.15) is 5.75 Å². The molecular weight excluding hydrogens is 425 g/mol. The van der Waals surface area contributed by atoms with E-state index in [1.807, 2.05) is 0 Å². The number of hydrogen-bond donors (Lipinski definition) is 1.